The number of rotatable bonds is 9. The van der Waals surface area contributed by atoms with Crippen LogP contribution in [-0.4, -0.2) is 61.7 Å². The van der Waals surface area contributed by atoms with E-state index in [0.29, 0.717) is 34.7 Å². The van der Waals surface area contributed by atoms with Gasteiger partial charge >= 0.3 is 0 Å². The molecule has 2 aliphatic rings. The van der Waals surface area contributed by atoms with Crippen LogP contribution in [0.15, 0.2) is 53.4 Å². The van der Waals surface area contributed by atoms with E-state index in [1.54, 1.807) is 48.5 Å². The van der Waals surface area contributed by atoms with Crippen molar-refractivity contribution in [2.24, 2.45) is 5.92 Å². The lowest BCUT2D eigenvalue weighted by Crippen LogP contribution is -2.48. The quantitative estimate of drug-likeness (QED) is 0.551. The first kappa shape index (κ1) is 25.3. The van der Waals surface area contributed by atoms with Gasteiger partial charge in [0.05, 0.1) is 23.2 Å². The monoisotopic (exact) mass is 498 g/mol. The van der Waals surface area contributed by atoms with E-state index in [0.717, 1.165) is 24.8 Å². The topological polar surface area (TPSA) is 98.8 Å². The van der Waals surface area contributed by atoms with Crippen LogP contribution in [0.25, 0.3) is 0 Å². The minimum Gasteiger partial charge on any atom is -0.326 e. The zero-order valence-corrected chi connectivity index (χ0v) is 21.3. The summed E-state index contributed by atoms with van der Waals surface area (Å²) >= 11 is 0. The summed E-state index contributed by atoms with van der Waals surface area (Å²) in [5.74, 6) is 0.242. The number of carbonyl (C=O) groups excluding carboxylic acids is 2. The average molecular weight is 499 g/mol. The van der Waals surface area contributed by atoms with Crippen molar-refractivity contribution in [2.75, 3.05) is 24.7 Å². The molecule has 1 aliphatic heterocycles. The van der Waals surface area contributed by atoms with Gasteiger partial charge in [-0.25, -0.2) is 13.4 Å². The van der Waals surface area contributed by atoms with Gasteiger partial charge in [0, 0.05) is 30.9 Å². The summed E-state index contributed by atoms with van der Waals surface area (Å²) in [7, 11) is -1.31. The van der Waals surface area contributed by atoms with Gasteiger partial charge in [-0.15, -0.1) is 0 Å². The van der Waals surface area contributed by atoms with Crippen molar-refractivity contribution >= 4 is 27.3 Å². The first-order chi connectivity index (χ1) is 16.7. The van der Waals surface area contributed by atoms with E-state index in [1.165, 1.54) is 0 Å². The van der Waals surface area contributed by atoms with Crippen LogP contribution in [0, 0.1) is 5.92 Å². The first-order valence-electron chi connectivity index (χ1n) is 12.2. The largest absolute Gasteiger partial charge is 0.326 e. The standard InChI is InChI=1S/C26H34N4O4S/c1-4-30(25-15-18(2)28-29(25)3)26(32)21-9-11-22(12-10-21)27-24(31)16-19-7-13-23(14-8-19)35(33,34)17-20-5-6-20/h7-14,18,20,25,28H,4-6,15-17H2,1-3H3,(H,27,31). The Morgan fingerprint density at radius 3 is 2.29 bits per heavy atom. The maximum atomic E-state index is 13.1. The molecule has 188 valence electrons. The zero-order valence-electron chi connectivity index (χ0n) is 20.5. The van der Waals surface area contributed by atoms with Gasteiger partial charge in [0.25, 0.3) is 5.91 Å². The van der Waals surface area contributed by atoms with Crippen LogP contribution >= 0.6 is 0 Å². The van der Waals surface area contributed by atoms with E-state index in [-0.39, 0.29) is 30.2 Å². The molecule has 1 heterocycles. The molecule has 0 bridgehead atoms. The zero-order chi connectivity index (χ0) is 25.2. The van der Waals surface area contributed by atoms with Crippen molar-refractivity contribution in [3.8, 4) is 0 Å². The van der Waals surface area contributed by atoms with E-state index in [9.17, 15) is 18.0 Å². The van der Waals surface area contributed by atoms with Gasteiger partial charge in [-0.1, -0.05) is 12.1 Å². The molecule has 8 nitrogen and oxygen atoms in total. The van der Waals surface area contributed by atoms with Crippen molar-refractivity contribution in [1.29, 1.82) is 0 Å². The minimum absolute atomic E-state index is 0.00281. The molecule has 1 saturated carbocycles. The Hall–Kier alpha value is -2.75. The molecule has 4 rings (SSSR count). The number of hydrazine groups is 1. The van der Waals surface area contributed by atoms with Gasteiger partial charge < -0.3 is 10.2 Å². The van der Waals surface area contributed by atoms with Crippen molar-refractivity contribution in [2.45, 2.75) is 56.6 Å². The number of anilines is 1. The third-order valence-electron chi connectivity index (χ3n) is 6.61. The molecule has 2 aromatic rings. The van der Waals surface area contributed by atoms with Crippen molar-refractivity contribution in [3.63, 3.8) is 0 Å². The Kier molecular flexibility index (Phi) is 7.59. The molecule has 2 unspecified atom stereocenters. The number of hydrogen-bond donors (Lipinski definition) is 2. The molecule has 2 N–H and O–H groups in total. The lowest BCUT2D eigenvalue weighted by atomic mass is 10.1. The average Bonchev–Trinajstić information content (AvgIpc) is 3.56. The molecular formula is C26H34N4O4S. The van der Waals surface area contributed by atoms with Crippen molar-refractivity contribution in [1.82, 2.24) is 15.3 Å². The van der Waals surface area contributed by atoms with E-state index in [2.05, 4.69) is 17.7 Å². The highest BCUT2D eigenvalue weighted by atomic mass is 32.2. The summed E-state index contributed by atoms with van der Waals surface area (Å²) in [5.41, 5.74) is 5.23. The summed E-state index contributed by atoms with van der Waals surface area (Å²) in [6.07, 6.45) is 2.96. The predicted molar refractivity (Wildman–Crippen MR) is 135 cm³/mol. The Balaban J connectivity index is 1.33. The van der Waals surface area contributed by atoms with Gasteiger partial charge in [0.15, 0.2) is 9.84 Å². The molecule has 0 spiro atoms. The van der Waals surface area contributed by atoms with Gasteiger partial charge in [-0.05, 0) is 81.0 Å². The predicted octanol–water partition coefficient (Wildman–Crippen LogP) is 3.07. The first-order valence-corrected chi connectivity index (χ1v) is 13.8. The number of hydrogen-bond acceptors (Lipinski definition) is 6. The summed E-state index contributed by atoms with van der Waals surface area (Å²) in [6, 6.07) is 13.8. The summed E-state index contributed by atoms with van der Waals surface area (Å²) < 4.78 is 24.8. The molecule has 0 aromatic heterocycles. The van der Waals surface area contributed by atoms with Gasteiger partial charge in [0.1, 0.15) is 0 Å². The lowest BCUT2D eigenvalue weighted by Gasteiger charge is -2.32. The molecule has 2 amide bonds. The fourth-order valence-corrected chi connectivity index (χ4v) is 6.24. The number of nitrogens with one attached hydrogen (secondary N) is 2. The highest BCUT2D eigenvalue weighted by Gasteiger charge is 2.33. The Labute approximate surface area is 207 Å². The lowest BCUT2D eigenvalue weighted by molar-refractivity contribution is -0.115. The Morgan fingerprint density at radius 2 is 1.74 bits per heavy atom. The SMILES string of the molecule is CCN(C(=O)c1ccc(NC(=O)Cc2ccc(S(=O)(=O)CC3CC3)cc2)cc1)C1CC(C)NN1C. The number of sulfone groups is 1. The molecule has 2 aromatic carbocycles. The normalized spacial score (nSPS) is 20.5. The summed E-state index contributed by atoms with van der Waals surface area (Å²) in [6.45, 7) is 4.66. The molecule has 35 heavy (non-hydrogen) atoms. The van der Waals surface area contributed by atoms with Crippen molar-refractivity contribution in [3.05, 3.63) is 59.7 Å². The molecular weight excluding hydrogens is 464 g/mol. The number of carbonyl (C=O) groups is 2. The number of benzene rings is 2. The summed E-state index contributed by atoms with van der Waals surface area (Å²) in [5, 5.41) is 4.83. The highest BCUT2D eigenvalue weighted by molar-refractivity contribution is 7.91. The second-order valence-corrected chi connectivity index (χ2v) is 11.7. The highest BCUT2D eigenvalue weighted by Crippen LogP contribution is 2.32. The molecule has 2 fully saturated rings. The number of nitrogens with zero attached hydrogens (tertiary/aromatic N) is 2. The van der Waals surface area contributed by atoms with Crippen LogP contribution in [0.2, 0.25) is 0 Å². The van der Waals surface area contributed by atoms with E-state index in [1.807, 2.05) is 23.9 Å². The van der Waals surface area contributed by atoms with Crippen LogP contribution in [0.4, 0.5) is 5.69 Å². The van der Waals surface area contributed by atoms with Crippen molar-refractivity contribution < 1.29 is 18.0 Å². The molecule has 1 aliphatic carbocycles. The van der Waals surface area contributed by atoms with Crippen LogP contribution < -0.4 is 10.7 Å². The fourth-order valence-electron chi connectivity index (χ4n) is 4.54. The smallest absolute Gasteiger partial charge is 0.255 e. The van der Waals surface area contributed by atoms with Crippen LogP contribution in [-0.2, 0) is 21.1 Å². The summed E-state index contributed by atoms with van der Waals surface area (Å²) in [4.78, 5) is 27.8. The second kappa shape index (κ2) is 10.5. The van der Waals surface area contributed by atoms with E-state index >= 15 is 0 Å². The molecule has 9 heteroatoms. The molecule has 0 radical (unpaired) electrons. The van der Waals surface area contributed by atoms with Gasteiger partial charge in [-0.2, -0.15) is 0 Å². The van der Waals surface area contributed by atoms with Crippen LogP contribution in [0.1, 0.15) is 49.0 Å². The van der Waals surface area contributed by atoms with Crippen LogP contribution in [0.5, 0.6) is 0 Å². The third-order valence-corrected chi connectivity index (χ3v) is 8.51. The van der Waals surface area contributed by atoms with E-state index < -0.39 is 9.84 Å². The second-order valence-electron chi connectivity index (χ2n) is 9.62. The minimum atomic E-state index is -3.26. The third kappa shape index (κ3) is 6.28. The Bertz CT molecular complexity index is 1160. The van der Waals surface area contributed by atoms with Gasteiger partial charge in [-0.3, -0.25) is 15.0 Å². The van der Waals surface area contributed by atoms with Crippen LogP contribution in [0.3, 0.4) is 0 Å². The fraction of sp³-hybridized carbons (Fsp3) is 0.462. The molecule has 1 saturated heterocycles. The Morgan fingerprint density at radius 1 is 1.09 bits per heavy atom. The van der Waals surface area contributed by atoms with E-state index in [4.69, 9.17) is 0 Å². The van der Waals surface area contributed by atoms with Gasteiger partial charge in [0.2, 0.25) is 5.91 Å². The number of amides is 2. The molecule has 2 atom stereocenters. The maximum Gasteiger partial charge on any atom is 0.255 e. The maximum absolute atomic E-state index is 13.1.